The highest BCUT2D eigenvalue weighted by molar-refractivity contribution is 5.47. The summed E-state index contributed by atoms with van der Waals surface area (Å²) >= 11 is 0. The Labute approximate surface area is 132 Å². The zero-order chi connectivity index (χ0) is 15.5. The summed E-state index contributed by atoms with van der Waals surface area (Å²) in [7, 11) is 3.46. The number of hydrogen-bond acceptors (Lipinski definition) is 3. The predicted molar refractivity (Wildman–Crippen MR) is 88.9 cm³/mol. The quantitative estimate of drug-likeness (QED) is 0.939. The summed E-state index contributed by atoms with van der Waals surface area (Å²) in [6.07, 6.45) is 1.97. The fraction of sp³-hybridized carbons (Fsp3) is 0.368. The Balaban J connectivity index is 1.97. The fourth-order valence-corrected chi connectivity index (χ4v) is 3.12. The van der Waals surface area contributed by atoms with Crippen molar-refractivity contribution in [2.45, 2.75) is 26.3 Å². The maximum atomic E-state index is 5.48. The summed E-state index contributed by atoms with van der Waals surface area (Å²) < 4.78 is 10.9. The number of hydrogen-bond donors (Lipinski definition) is 1. The van der Waals surface area contributed by atoms with Gasteiger partial charge in [-0.1, -0.05) is 12.1 Å². The van der Waals surface area contributed by atoms with Crippen LogP contribution in [0.2, 0.25) is 0 Å². The van der Waals surface area contributed by atoms with Crippen LogP contribution in [0.25, 0.3) is 0 Å². The van der Waals surface area contributed by atoms with Crippen molar-refractivity contribution in [1.29, 1.82) is 0 Å². The predicted octanol–water partition coefficient (Wildman–Crippen LogP) is 3.25. The van der Waals surface area contributed by atoms with Gasteiger partial charge < -0.3 is 14.8 Å². The summed E-state index contributed by atoms with van der Waals surface area (Å²) in [5.41, 5.74) is 6.61. The molecule has 0 bridgehead atoms. The van der Waals surface area contributed by atoms with Crippen LogP contribution in [0.15, 0.2) is 30.3 Å². The lowest BCUT2D eigenvalue weighted by Crippen LogP contribution is -2.25. The average molecular weight is 297 g/mol. The van der Waals surface area contributed by atoms with E-state index in [0.717, 1.165) is 37.4 Å². The molecule has 0 saturated carbocycles. The van der Waals surface area contributed by atoms with E-state index in [1.165, 1.54) is 27.8 Å². The molecule has 0 radical (unpaired) electrons. The molecule has 3 heteroatoms. The molecule has 0 atom stereocenters. The first-order valence-corrected chi connectivity index (χ1v) is 7.74. The summed E-state index contributed by atoms with van der Waals surface area (Å²) in [6.45, 7) is 4.05. The first-order chi connectivity index (χ1) is 10.7. The van der Waals surface area contributed by atoms with Crippen molar-refractivity contribution in [3.63, 3.8) is 0 Å². The lowest BCUT2D eigenvalue weighted by molar-refractivity contribution is 0.411. The van der Waals surface area contributed by atoms with E-state index in [9.17, 15) is 0 Å². The molecule has 3 rings (SSSR count). The summed E-state index contributed by atoms with van der Waals surface area (Å²) in [5, 5.41) is 3.47. The van der Waals surface area contributed by atoms with Gasteiger partial charge in [0.2, 0.25) is 0 Å². The lowest BCUT2D eigenvalue weighted by Gasteiger charge is -2.22. The van der Waals surface area contributed by atoms with Crippen LogP contribution >= 0.6 is 0 Å². The second kappa shape index (κ2) is 6.41. The Bertz CT molecular complexity index is 679. The molecular weight excluding hydrogens is 274 g/mol. The van der Waals surface area contributed by atoms with Gasteiger partial charge >= 0.3 is 0 Å². The molecule has 1 aliphatic heterocycles. The van der Waals surface area contributed by atoms with Gasteiger partial charge in [-0.2, -0.15) is 0 Å². The van der Waals surface area contributed by atoms with E-state index in [-0.39, 0.29) is 0 Å². The van der Waals surface area contributed by atoms with E-state index < -0.39 is 0 Å². The molecule has 0 saturated heterocycles. The molecule has 0 aliphatic carbocycles. The largest absolute Gasteiger partial charge is 0.497 e. The normalized spacial score (nSPS) is 13.6. The fourth-order valence-electron chi connectivity index (χ4n) is 3.12. The second-order valence-electron chi connectivity index (χ2n) is 5.83. The average Bonchev–Trinajstić information content (AvgIpc) is 2.56. The number of methoxy groups -OCH3 is 2. The van der Waals surface area contributed by atoms with E-state index in [0.29, 0.717) is 0 Å². The minimum atomic E-state index is 0.901. The first-order valence-electron chi connectivity index (χ1n) is 7.74. The maximum Gasteiger partial charge on any atom is 0.122 e. The molecule has 0 spiro atoms. The molecule has 1 heterocycles. The molecule has 1 N–H and O–H groups in total. The Morgan fingerprint density at radius 3 is 2.73 bits per heavy atom. The van der Waals surface area contributed by atoms with Gasteiger partial charge in [0.1, 0.15) is 11.5 Å². The summed E-state index contributed by atoms with van der Waals surface area (Å²) in [5.74, 6) is 1.90. The zero-order valence-electron chi connectivity index (χ0n) is 13.5. The van der Waals surface area contributed by atoms with Crippen LogP contribution < -0.4 is 14.8 Å². The molecule has 22 heavy (non-hydrogen) atoms. The molecular formula is C19H23NO2. The number of rotatable bonds is 4. The van der Waals surface area contributed by atoms with E-state index in [1.807, 2.05) is 0 Å². The maximum absolute atomic E-state index is 5.48. The summed E-state index contributed by atoms with van der Waals surface area (Å²) in [6, 6.07) is 10.8. The van der Waals surface area contributed by atoms with Crippen LogP contribution in [0.1, 0.15) is 27.8 Å². The number of aryl methyl sites for hydroxylation is 1. The molecule has 0 aromatic heterocycles. The van der Waals surface area contributed by atoms with Crippen molar-refractivity contribution in [3.05, 3.63) is 58.1 Å². The van der Waals surface area contributed by atoms with Crippen LogP contribution in [-0.2, 0) is 19.4 Å². The van der Waals surface area contributed by atoms with Crippen molar-refractivity contribution in [3.8, 4) is 11.5 Å². The van der Waals surface area contributed by atoms with Crippen molar-refractivity contribution < 1.29 is 9.47 Å². The molecule has 0 fully saturated rings. The van der Waals surface area contributed by atoms with E-state index in [4.69, 9.17) is 9.47 Å². The van der Waals surface area contributed by atoms with Gasteiger partial charge in [0.15, 0.2) is 0 Å². The zero-order valence-corrected chi connectivity index (χ0v) is 13.5. The van der Waals surface area contributed by atoms with Gasteiger partial charge in [-0.25, -0.2) is 0 Å². The molecule has 1 aliphatic rings. The Kier molecular flexibility index (Phi) is 4.34. The molecule has 3 nitrogen and oxygen atoms in total. The van der Waals surface area contributed by atoms with E-state index in [2.05, 4.69) is 42.6 Å². The SMILES string of the molecule is COc1cc2c(c(Cc3ccc(C)c(OC)c3)c1)CNCC2. The van der Waals surface area contributed by atoms with Crippen LogP contribution in [0.3, 0.4) is 0 Å². The van der Waals surface area contributed by atoms with Crippen molar-refractivity contribution in [2.75, 3.05) is 20.8 Å². The minimum absolute atomic E-state index is 0.901. The third-order valence-electron chi connectivity index (χ3n) is 4.38. The highest BCUT2D eigenvalue weighted by atomic mass is 16.5. The van der Waals surface area contributed by atoms with Gasteiger partial charge in [-0.3, -0.25) is 0 Å². The van der Waals surface area contributed by atoms with Gasteiger partial charge in [0.25, 0.3) is 0 Å². The second-order valence-corrected chi connectivity index (χ2v) is 5.83. The van der Waals surface area contributed by atoms with Crippen LogP contribution in [0.5, 0.6) is 11.5 Å². The van der Waals surface area contributed by atoms with Crippen LogP contribution in [0.4, 0.5) is 0 Å². The molecule has 0 amide bonds. The molecule has 116 valence electrons. The van der Waals surface area contributed by atoms with Gasteiger partial charge in [-0.05, 0) is 72.3 Å². The number of fused-ring (bicyclic) bond motifs is 1. The van der Waals surface area contributed by atoms with E-state index in [1.54, 1.807) is 14.2 Å². The summed E-state index contributed by atoms with van der Waals surface area (Å²) in [4.78, 5) is 0. The Hall–Kier alpha value is -2.00. The van der Waals surface area contributed by atoms with E-state index >= 15 is 0 Å². The van der Waals surface area contributed by atoms with Gasteiger partial charge in [0.05, 0.1) is 14.2 Å². The lowest BCUT2D eigenvalue weighted by atomic mass is 9.91. The third kappa shape index (κ3) is 2.95. The van der Waals surface area contributed by atoms with Gasteiger partial charge in [-0.15, -0.1) is 0 Å². The number of nitrogens with one attached hydrogen (secondary N) is 1. The van der Waals surface area contributed by atoms with Gasteiger partial charge in [0, 0.05) is 6.54 Å². The highest BCUT2D eigenvalue weighted by Gasteiger charge is 2.15. The first kappa shape index (κ1) is 14.9. The highest BCUT2D eigenvalue weighted by Crippen LogP contribution is 2.28. The Morgan fingerprint density at radius 2 is 1.95 bits per heavy atom. The van der Waals surface area contributed by atoms with Crippen LogP contribution in [-0.4, -0.2) is 20.8 Å². The van der Waals surface area contributed by atoms with Crippen molar-refractivity contribution in [2.24, 2.45) is 0 Å². The van der Waals surface area contributed by atoms with Crippen molar-refractivity contribution >= 4 is 0 Å². The van der Waals surface area contributed by atoms with Crippen molar-refractivity contribution in [1.82, 2.24) is 5.32 Å². The molecule has 2 aromatic carbocycles. The van der Waals surface area contributed by atoms with Crippen LogP contribution in [0, 0.1) is 6.92 Å². The minimum Gasteiger partial charge on any atom is -0.497 e. The standard InChI is InChI=1S/C19H23NO2/c1-13-4-5-14(9-19(13)22-3)8-16-11-17(21-2)10-15-6-7-20-12-18(15)16/h4-5,9-11,20H,6-8,12H2,1-3H3. The number of ether oxygens (including phenoxy) is 2. The smallest absolute Gasteiger partial charge is 0.122 e. The number of benzene rings is 2. The Morgan fingerprint density at radius 1 is 1.09 bits per heavy atom. The molecule has 0 unspecified atom stereocenters. The molecule has 2 aromatic rings. The topological polar surface area (TPSA) is 30.5 Å². The third-order valence-corrected chi connectivity index (χ3v) is 4.38. The monoisotopic (exact) mass is 297 g/mol.